The number of thiazole rings is 1. The minimum absolute atomic E-state index is 0.267. The third-order valence-corrected chi connectivity index (χ3v) is 5.77. The molecule has 24 heavy (non-hydrogen) atoms. The van der Waals surface area contributed by atoms with Gasteiger partial charge in [-0.25, -0.2) is 9.37 Å². The molecule has 1 saturated heterocycles. The molecule has 1 aliphatic heterocycles. The zero-order valence-electron chi connectivity index (χ0n) is 13.8. The Balaban J connectivity index is 1.62. The molecule has 130 valence electrons. The lowest BCUT2D eigenvalue weighted by Crippen LogP contribution is -2.27. The van der Waals surface area contributed by atoms with Crippen molar-refractivity contribution in [3.8, 4) is 5.75 Å². The van der Waals surface area contributed by atoms with Crippen LogP contribution in [-0.2, 0) is 12.0 Å². The first-order valence-corrected chi connectivity index (χ1v) is 9.17. The summed E-state index contributed by atoms with van der Waals surface area (Å²) in [5, 5.41) is 15.1. The van der Waals surface area contributed by atoms with Crippen molar-refractivity contribution in [3.63, 3.8) is 0 Å². The summed E-state index contributed by atoms with van der Waals surface area (Å²) in [7, 11) is 0. The number of benzene rings is 1. The van der Waals surface area contributed by atoms with Crippen LogP contribution in [0.15, 0.2) is 24.3 Å². The molecule has 1 aliphatic rings. The number of nitrogens with zero attached hydrogens (tertiary/aromatic N) is 1. The Kier molecular flexibility index (Phi) is 5.48. The molecule has 0 amide bonds. The normalized spacial score (nSPS) is 21.5. The summed E-state index contributed by atoms with van der Waals surface area (Å²) in [6, 6.07) is 6.03. The van der Waals surface area contributed by atoms with Gasteiger partial charge in [-0.1, -0.05) is 0 Å². The minimum atomic E-state index is -0.811. The maximum atomic E-state index is 12.9. The molecule has 0 radical (unpaired) electrons. The molecule has 2 aromatic rings. The van der Waals surface area contributed by atoms with Crippen molar-refractivity contribution >= 4 is 11.3 Å². The fourth-order valence-corrected chi connectivity index (χ4v) is 4.11. The number of hydrogen-bond acceptors (Lipinski definition) is 5. The van der Waals surface area contributed by atoms with E-state index in [-0.39, 0.29) is 5.82 Å². The van der Waals surface area contributed by atoms with E-state index in [1.165, 1.54) is 12.1 Å². The first-order valence-electron chi connectivity index (χ1n) is 8.35. The Morgan fingerprint density at radius 3 is 2.88 bits per heavy atom. The third-order valence-electron chi connectivity index (χ3n) is 4.36. The molecule has 1 atom stereocenters. The van der Waals surface area contributed by atoms with Crippen LogP contribution in [0.4, 0.5) is 4.39 Å². The van der Waals surface area contributed by atoms with Crippen LogP contribution in [0.2, 0.25) is 0 Å². The van der Waals surface area contributed by atoms with Crippen LogP contribution in [0, 0.1) is 12.7 Å². The second kappa shape index (κ2) is 7.59. The molecule has 1 aromatic heterocycles. The van der Waals surface area contributed by atoms with Crippen molar-refractivity contribution < 1.29 is 14.2 Å². The fourth-order valence-electron chi connectivity index (χ4n) is 2.92. The van der Waals surface area contributed by atoms with Gasteiger partial charge in [0.1, 0.15) is 22.2 Å². The Hall–Kier alpha value is -1.50. The van der Waals surface area contributed by atoms with E-state index in [1.54, 1.807) is 23.5 Å². The van der Waals surface area contributed by atoms with Gasteiger partial charge in [0, 0.05) is 11.3 Å². The fraction of sp³-hybridized carbons (Fsp3) is 0.500. The van der Waals surface area contributed by atoms with Gasteiger partial charge in [0.2, 0.25) is 0 Å². The van der Waals surface area contributed by atoms with Gasteiger partial charge < -0.3 is 15.2 Å². The Labute approximate surface area is 145 Å². The molecule has 0 saturated carbocycles. The van der Waals surface area contributed by atoms with Crippen LogP contribution in [0.1, 0.15) is 34.8 Å². The Morgan fingerprint density at radius 2 is 2.08 bits per heavy atom. The zero-order chi connectivity index (χ0) is 17.0. The second-order valence-electron chi connectivity index (χ2n) is 6.22. The molecule has 4 nitrogen and oxygen atoms in total. The molecule has 2 heterocycles. The maximum Gasteiger partial charge on any atom is 0.125 e. The summed E-state index contributed by atoms with van der Waals surface area (Å²) in [4.78, 5) is 5.76. The van der Waals surface area contributed by atoms with Crippen LogP contribution < -0.4 is 10.1 Å². The number of aromatic nitrogens is 1. The van der Waals surface area contributed by atoms with Gasteiger partial charge in [0.05, 0.1) is 12.3 Å². The van der Waals surface area contributed by atoms with E-state index in [4.69, 9.17) is 4.74 Å². The minimum Gasteiger partial charge on any atom is -0.493 e. The lowest BCUT2D eigenvalue weighted by Gasteiger charge is -2.23. The largest absolute Gasteiger partial charge is 0.493 e. The zero-order valence-corrected chi connectivity index (χ0v) is 14.7. The van der Waals surface area contributed by atoms with Crippen LogP contribution >= 0.6 is 11.3 Å². The average molecular weight is 350 g/mol. The Bertz CT molecular complexity index is 664. The number of hydrogen-bond donors (Lipinski definition) is 2. The number of aryl methyl sites for hydroxylation is 1. The van der Waals surface area contributed by atoms with Crippen LogP contribution in [0.3, 0.4) is 0 Å². The molecule has 1 unspecified atom stereocenters. The van der Waals surface area contributed by atoms with Crippen LogP contribution in [0.25, 0.3) is 0 Å². The number of ether oxygens (including phenoxy) is 1. The lowest BCUT2D eigenvalue weighted by molar-refractivity contribution is 0.0237. The van der Waals surface area contributed by atoms with Crippen molar-refractivity contribution in [1.82, 2.24) is 10.3 Å². The van der Waals surface area contributed by atoms with E-state index in [1.807, 2.05) is 6.92 Å². The summed E-state index contributed by atoms with van der Waals surface area (Å²) in [6.07, 6.45) is 3.14. The molecule has 6 heteroatoms. The summed E-state index contributed by atoms with van der Waals surface area (Å²) in [6.45, 7) is 4.25. The van der Waals surface area contributed by atoms with E-state index in [9.17, 15) is 9.50 Å². The smallest absolute Gasteiger partial charge is 0.125 e. The first kappa shape index (κ1) is 17.3. The van der Waals surface area contributed by atoms with Gasteiger partial charge in [0.15, 0.2) is 0 Å². The van der Waals surface area contributed by atoms with Crippen molar-refractivity contribution in [1.29, 1.82) is 0 Å². The van der Waals surface area contributed by atoms with Gasteiger partial charge >= 0.3 is 0 Å². The molecule has 2 N–H and O–H groups in total. The highest BCUT2D eigenvalue weighted by molar-refractivity contribution is 7.11. The number of nitrogens with one attached hydrogen (secondary N) is 1. The van der Waals surface area contributed by atoms with E-state index < -0.39 is 5.60 Å². The molecule has 1 fully saturated rings. The number of halogens is 1. The predicted molar refractivity (Wildman–Crippen MR) is 93.1 cm³/mol. The van der Waals surface area contributed by atoms with Gasteiger partial charge in [-0.15, -0.1) is 11.3 Å². The van der Waals surface area contributed by atoms with Crippen molar-refractivity contribution in [3.05, 3.63) is 45.7 Å². The highest BCUT2D eigenvalue weighted by Crippen LogP contribution is 2.35. The third kappa shape index (κ3) is 4.12. The summed E-state index contributed by atoms with van der Waals surface area (Å²) in [5.41, 5.74) is 0.151. The average Bonchev–Trinajstić information content (AvgIpc) is 2.79. The predicted octanol–water partition coefficient (Wildman–Crippen LogP) is 3.17. The SMILES string of the molecule is Cc1nc(C2(O)CCCNCC2)sc1CCOc1ccc(F)cc1. The maximum absolute atomic E-state index is 12.9. The van der Waals surface area contributed by atoms with Gasteiger partial charge in [-0.2, -0.15) is 0 Å². The molecular formula is C18H23FN2O2S. The lowest BCUT2D eigenvalue weighted by atomic mass is 9.96. The van der Waals surface area contributed by atoms with E-state index >= 15 is 0 Å². The van der Waals surface area contributed by atoms with E-state index in [2.05, 4.69) is 10.3 Å². The molecule has 0 spiro atoms. The van der Waals surface area contributed by atoms with Gasteiger partial charge in [-0.3, -0.25) is 0 Å². The summed E-state index contributed by atoms with van der Waals surface area (Å²) in [5.74, 6) is 0.392. The van der Waals surface area contributed by atoms with E-state index in [0.717, 1.165) is 47.9 Å². The van der Waals surface area contributed by atoms with Crippen LogP contribution in [-0.4, -0.2) is 29.8 Å². The second-order valence-corrected chi connectivity index (χ2v) is 7.30. The number of rotatable bonds is 5. The summed E-state index contributed by atoms with van der Waals surface area (Å²) < 4.78 is 18.5. The van der Waals surface area contributed by atoms with Crippen molar-refractivity contribution in [2.75, 3.05) is 19.7 Å². The first-order chi connectivity index (χ1) is 11.6. The molecule has 0 aliphatic carbocycles. The quantitative estimate of drug-likeness (QED) is 0.870. The van der Waals surface area contributed by atoms with Gasteiger partial charge in [-0.05, 0) is 63.5 Å². The summed E-state index contributed by atoms with van der Waals surface area (Å²) >= 11 is 1.58. The molecule has 0 bridgehead atoms. The monoisotopic (exact) mass is 350 g/mol. The molecule has 3 rings (SSSR count). The standard InChI is InChI=1S/C18H23FN2O2S/c1-13-16(7-12-23-15-5-3-14(19)4-6-15)24-17(21-13)18(22)8-2-10-20-11-9-18/h3-6,20,22H,2,7-12H2,1H3. The topological polar surface area (TPSA) is 54.4 Å². The highest BCUT2D eigenvalue weighted by Gasteiger charge is 2.33. The van der Waals surface area contributed by atoms with Crippen LogP contribution in [0.5, 0.6) is 5.75 Å². The van der Waals surface area contributed by atoms with Crippen molar-refractivity contribution in [2.45, 2.75) is 38.2 Å². The van der Waals surface area contributed by atoms with E-state index in [0.29, 0.717) is 18.8 Å². The number of aliphatic hydroxyl groups is 1. The van der Waals surface area contributed by atoms with Gasteiger partial charge in [0.25, 0.3) is 0 Å². The molecule has 1 aromatic carbocycles. The highest BCUT2D eigenvalue weighted by atomic mass is 32.1. The Morgan fingerprint density at radius 1 is 1.29 bits per heavy atom. The van der Waals surface area contributed by atoms with Crippen molar-refractivity contribution in [2.24, 2.45) is 0 Å². The molecular weight excluding hydrogens is 327 g/mol.